The summed E-state index contributed by atoms with van der Waals surface area (Å²) in [6.07, 6.45) is 0.230. The van der Waals surface area contributed by atoms with E-state index in [4.69, 9.17) is 9.47 Å². The molecule has 3 aromatic rings. The average molecular weight is 471 g/mol. The van der Waals surface area contributed by atoms with E-state index < -0.39 is 17.9 Å². The lowest BCUT2D eigenvalue weighted by Gasteiger charge is -2.32. The maximum Gasteiger partial charge on any atom is 0.262 e. The van der Waals surface area contributed by atoms with Crippen LogP contribution in [0.4, 0.5) is 0 Å². The fourth-order valence-electron chi connectivity index (χ4n) is 4.64. The van der Waals surface area contributed by atoms with E-state index in [0.717, 1.165) is 16.0 Å². The molecule has 5 rings (SSSR count). The van der Waals surface area contributed by atoms with Crippen LogP contribution >= 0.6 is 0 Å². The summed E-state index contributed by atoms with van der Waals surface area (Å²) in [6, 6.07) is 20.8. The standard InChI is InChI=1S/C28H26N2O5/c1-2-29(18-20-11-8-14-24-25(20)35-16-15-34-24)28(33)23(17-19-9-4-3-5-10-19)30-26(31)21-12-6-7-13-22(21)27(30)32/h3-14,23H,2,15-18H2,1H3. The molecule has 7 nitrogen and oxygen atoms in total. The van der Waals surface area contributed by atoms with E-state index >= 15 is 0 Å². The molecule has 0 radical (unpaired) electrons. The summed E-state index contributed by atoms with van der Waals surface area (Å²) >= 11 is 0. The second kappa shape index (κ2) is 9.62. The zero-order chi connectivity index (χ0) is 24.4. The molecule has 1 unspecified atom stereocenters. The van der Waals surface area contributed by atoms with Crippen molar-refractivity contribution in [1.82, 2.24) is 9.80 Å². The van der Waals surface area contributed by atoms with Gasteiger partial charge in [-0.25, -0.2) is 0 Å². The first kappa shape index (κ1) is 22.7. The molecule has 3 amide bonds. The van der Waals surface area contributed by atoms with E-state index in [1.807, 2.05) is 55.5 Å². The van der Waals surface area contributed by atoms with Crippen molar-refractivity contribution in [3.63, 3.8) is 0 Å². The Bertz CT molecular complexity index is 1240. The Morgan fingerprint density at radius 2 is 1.54 bits per heavy atom. The number of carbonyl (C=O) groups is 3. The van der Waals surface area contributed by atoms with Crippen LogP contribution in [0.15, 0.2) is 72.8 Å². The monoisotopic (exact) mass is 470 g/mol. The van der Waals surface area contributed by atoms with Gasteiger partial charge in [-0.15, -0.1) is 0 Å². The fraction of sp³-hybridized carbons (Fsp3) is 0.250. The highest BCUT2D eigenvalue weighted by Crippen LogP contribution is 2.35. The van der Waals surface area contributed by atoms with Crippen LogP contribution in [0.2, 0.25) is 0 Å². The maximum atomic E-state index is 14.0. The summed E-state index contributed by atoms with van der Waals surface area (Å²) in [5.74, 6) is 0.110. The topological polar surface area (TPSA) is 76.2 Å². The zero-order valence-electron chi connectivity index (χ0n) is 19.5. The van der Waals surface area contributed by atoms with Crippen molar-refractivity contribution in [3.8, 4) is 11.5 Å². The van der Waals surface area contributed by atoms with Crippen LogP contribution in [0, 0.1) is 0 Å². The van der Waals surface area contributed by atoms with Gasteiger partial charge in [-0.3, -0.25) is 19.3 Å². The Morgan fingerprint density at radius 1 is 0.886 bits per heavy atom. The largest absolute Gasteiger partial charge is 0.486 e. The lowest BCUT2D eigenvalue weighted by molar-refractivity contribution is -0.135. The van der Waals surface area contributed by atoms with Crippen LogP contribution < -0.4 is 9.47 Å². The number of likely N-dealkylation sites (N-methyl/N-ethyl adjacent to an activating group) is 1. The molecular weight excluding hydrogens is 444 g/mol. The average Bonchev–Trinajstić information content (AvgIpc) is 3.16. The van der Waals surface area contributed by atoms with Gasteiger partial charge in [-0.05, 0) is 30.7 Å². The molecule has 0 fully saturated rings. The Balaban J connectivity index is 1.48. The van der Waals surface area contributed by atoms with Gasteiger partial charge in [0.15, 0.2) is 11.5 Å². The SMILES string of the molecule is CCN(Cc1cccc2c1OCCO2)C(=O)C(Cc1ccccc1)N1C(=O)c2ccccc2C1=O. The molecule has 35 heavy (non-hydrogen) atoms. The highest BCUT2D eigenvalue weighted by atomic mass is 16.6. The number of imide groups is 1. The molecule has 0 aliphatic carbocycles. The molecule has 0 N–H and O–H groups in total. The fourth-order valence-corrected chi connectivity index (χ4v) is 4.64. The quantitative estimate of drug-likeness (QED) is 0.492. The van der Waals surface area contributed by atoms with Gasteiger partial charge in [-0.1, -0.05) is 54.6 Å². The number of hydrogen-bond acceptors (Lipinski definition) is 5. The first-order chi connectivity index (χ1) is 17.1. The van der Waals surface area contributed by atoms with E-state index in [9.17, 15) is 14.4 Å². The lowest BCUT2D eigenvalue weighted by Crippen LogP contribution is -2.51. The van der Waals surface area contributed by atoms with Gasteiger partial charge in [0, 0.05) is 25.1 Å². The lowest BCUT2D eigenvalue weighted by atomic mass is 10.0. The molecule has 178 valence electrons. The second-order valence-electron chi connectivity index (χ2n) is 8.53. The van der Waals surface area contributed by atoms with E-state index in [1.54, 1.807) is 29.2 Å². The molecule has 2 heterocycles. The number of carbonyl (C=O) groups excluding carboxylic acids is 3. The van der Waals surface area contributed by atoms with E-state index in [1.165, 1.54) is 0 Å². The molecule has 0 saturated carbocycles. The van der Waals surface area contributed by atoms with Crippen LogP contribution in [-0.4, -0.2) is 53.3 Å². The number of nitrogens with zero attached hydrogens (tertiary/aromatic N) is 2. The smallest absolute Gasteiger partial charge is 0.262 e. The summed E-state index contributed by atoms with van der Waals surface area (Å²) in [4.78, 5) is 43.4. The van der Waals surface area contributed by atoms with Gasteiger partial charge in [0.1, 0.15) is 19.3 Å². The summed E-state index contributed by atoms with van der Waals surface area (Å²) in [7, 11) is 0. The Labute approximate surface area is 203 Å². The van der Waals surface area contributed by atoms with Crippen molar-refractivity contribution in [1.29, 1.82) is 0 Å². The van der Waals surface area contributed by atoms with Crippen LogP contribution in [0.25, 0.3) is 0 Å². The van der Waals surface area contributed by atoms with Crippen LogP contribution in [0.1, 0.15) is 38.8 Å². The van der Waals surface area contributed by atoms with E-state index in [-0.39, 0.29) is 18.9 Å². The minimum atomic E-state index is -0.971. The van der Waals surface area contributed by atoms with Crippen molar-refractivity contribution in [2.45, 2.75) is 25.9 Å². The number of amides is 3. The number of benzene rings is 3. The first-order valence-corrected chi connectivity index (χ1v) is 11.8. The third-order valence-corrected chi connectivity index (χ3v) is 6.40. The van der Waals surface area contributed by atoms with E-state index in [0.29, 0.717) is 42.4 Å². The minimum absolute atomic E-state index is 0.230. The van der Waals surface area contributed by atoms with Crippen molar-refractivity contribution in [3.05, 3.63) is 95.1 Å². The number of hydrogen-bond donors (Lipinski definition) is 0. The van der Waals surface area contributed by atoms with Gasteiger partial charge in [0.25, 0.3) is 11.8 Å². The van der Waals surface area contributed by atoms with Gasteiger partial charge in [0.2, 0.25) is 5.91 Å². The molecule has 1 atom stereocenters. The minimum Gasteiger partial charge on any atom is -0.486 e. The Hall–Kier alpha value is -4.13. The number of fused-ring (bicyclic) bond motifs is 2. The predicted molar refractivity (Wildman–Crippen MR) is 129 cm³/mol. The molecule has 0 aromatic heterocycles. The molecule has 7 heteroatoms. The van der Waals surface area contributed by atoms with Crippen molar-refractivity contribution < 1.29 is 23.9 Å². The highest BCUT2D eigenvalue weighted by molar-refractivity contribution is 6.22. The predicted octanol–water partition coefficient (Wildman–Crippen LogP) is 3.71. The van der Waals surface area contributed by atoms with Gasteiger partial charge >= 0.3 is 0 Å². The molecule has 0 saturated heterocycles. The molecule has 2 aliphatic heterocycles. The molecule has 3 aromatic carbocycles. The third kappa shape index (κ3) is 4.25. The van der Waals surface area contributed by atoms with Crippen LogP contribution in [0.3, 0.4) is 0 Å². The molecule has 2 aliphatic rings. The normalized spacial score (nSPS) is 15.1. The maximum absolute atomic E-state index is 14.0. The van der Waals surface area contributed by atoms with Gasteiger partial charge < -0.3 is 14.4 Å². The van der Waals surface area contributed by atoms with Crippen molar-refractivity contribution in [2.75, 3.05) is 19.8 Å². The molecule has 0 spiro atoms. The third-order valence-electron chi connectivity index (χ3n) is 6.40. The highest BCUT2D eigenvalue weighted by Gasteiger charge is 2.43. The van der Waals surface area contributed by atoms with Crippen LogP contribution in [0.5, 0.6) is 11.5 Å². The van der Waals surface area contributed by atoms with E-state index in [2.05, 4.69) is 0 Å². The first-order valence-electron chi connectivity index (χ1n) is 11.8. The zero-order valence-corrected chi connectivity index (χ0v) is 19.5. The summed E-state index contributed by atoms with van der Waals surface area (Å²) < 4.78 is 11.5. The molecular formula is C28H26N2O5. The second-order valence-corrected chi connectivity index (χ2v) is 8.53. The number of rotatable bonds is 7. The van der Waals surface area contributed by atoms with Crippen molar-refractivity contribution in [2.24, 2.45) is 0 Å². The Morgan fingerprint density at radius 3 is 2.23 bits per heavy atom. The summed E-state index contributed by atoms with van der Waals surface area (Å²) in [5, 5.41) is 0. The number of para-hydroxylation sites is 1. The summed E-state index contributed by atoms with van der Waals surface area (Å²) in [6.45, 7) is 3.47. The summed E-state index contributed by atoms with van der Waals surface area (Å²) in [5.41, 5.74) is 2.34. The van der Waals surface area contributed by atoms with Gasteiger partial charge in [0.05, 0.1) is 11.1 Å². The van der Waals surface area contributed by atoms with Crippen molar-refractivity contribution >= 4 is 17.7 Å². The van der Waals surface area contributed by atoms with Crippen LogP contribution in [-0.2, 0) is 17.8 Å². The Kier molecular flexibility index (Phi) is 6.23. The number of ether oxygens (including phenoxy) is 2. The van der Waals surface area contributed by atoms with Gasteiger partial charge in [-0.2, -0.15) is 0 Å². The molecule has 0 bridgehead atoms.